The second kappa shape index (κ2) is 6.20. The molecule has 0 spiro atoms. The zero-order valence-corrected chi connectivity index (χ0v) is 14.4. The average Bonchev–Trinajstić information content (AvgIpc) is 3.17. The molecule has 0 bridgehead atoms. The quantitative estimate of drug-likeness (QED) is 0.924. The minimum absolute atomic E-state index is 0.0847. The number of pyridine rings is 1. The van der Waals surface area contributed by atoms with Gasteiger partial charge in [-0.05, 0) is 29.8 Å². The number of carbonyl (C=O) groups excluding carboxylic acids is 2. The van der Waals surface area contributed by atoms with Gasteiger partial charge < -0.3 is 14.4 Å². The first-order chi connectivity index (χ1) is 11.8. The Labute approximate surface area is 145 Å². The molecule has 2 aromatic heterocycles. The van der Waals surface area contributed by atoms with Crippen molar-refractivity contribution in [2.75, 3.05) is 0 Å². The lowest BCUT2D eigenvalue weighted by Crippen LogP contribution is -2.32. The zero-order chi connectivity index (χ0) is 18.2. The molecular weight excluding hydrogens is 320 g/mol. The third kappa shape index (κ3) is 3.07. The van der Waals surface area contributed by atoms with E-state index in [1.54, 1.807) is 57.4 Å². The first kappa shape index (κ1) is 17.0. The normalized spacial score (nSPS) is 18.1. The minimum Gasteiger partial charge on any atom is -0.503 e. The summed E-state index contributed by atoms with van der Waals surface area (Å²) in [7, 11) is 0. The molecule has 1 atom stereocenters. The largest absolute Gasteiger partial charge is 0.503 e. The Balaban J connectivity index is 2.05. The first-order valence-corrected chi connectivity index (χ1v) is 8.02. The summed E-state index contributed by atoms with van der Waals surface area (Å²) in [5.41, 5.74) is 0.194. The third-order valence-electron chi connectivity index (χ3n) is 4.14. The van der Waals surface area contributed by atoms with E-state index >= 15 is 0 Å². The Morgan fingerprint density at radius 2 is 1.96 bits per heavy atom. The van der Waals surface area contributed by atoms with Gasteiger partial charge in [-0.2, -0.15) is 0 Å². The fourth-order valence-electron chi connectivity index (χ4n) is 2.88. The summed E-state index contributed by atoms with van der Waals surface area (Å²) in [5.74, 6) is -0.919. The molecule has 1 amide bonds. The maximum Gasteiger partial charge on any atom is 0.290 e. The SMILES string of the molecule is CC(C)(C)C(=O)C1=C(O)C(=O)N(Cc2ccncc2)C1c1ccco1. The number of aromatic nitrogens is 1. The van der Waals surface area contributed by atoms with Crippen molar-refractivity contribution in [1.29, 1.82) is 0 Å². The highest BCUT2D eigenvalue weighted by atomic mass is 16.3. The van der Waals surface area contributed by atoms with E-state index in [-0.39, 0.29) is 17.9 Å². The van der Waals surface area contributed by atoms with Crippen molar-refractivity contribution in [3.63, 3.8) is 0 Å². The number of rotatable bonds is 4. The van der Waals surface area contributed by atoms with Crippen LogP contribution in [0.2, 0.25) is 0 Å². The molecule has 0 fully saturated rings. The Morgan fingerprint density at radius 3 is 2.52 bits per heavy atom. The summed E-state index contributed by atoms with van der Waals surface area (Å²) in [6, 6.07) is 6.22. The van der Waals surface area contributed by atoms with Gasteiger partial charge >= 0.3 is 0 Å². The summed E-state index contributed by atoms with van der Waals surface area (Å²) in [6.07, 6.45) is 4.75. The molecule has 3 heterocycles. The Hall–Kier alpha value is -2.89. The van der Waals surface area contributed by atoms with Gasteiger partial charge in [-0.1, -0.05) is 20.8 Å². The van der Waals surface area contributed by atoms with Crippen LogP contribution in [0.5, 0.6) is 0 Å². The van der Waals surface area contributed by atoms with Gasteiger partial charge in [0.05, 0.1) is 11.8 Å². The predicted octanol–water partition coefficient (Wildman–Crippen LogP) is 3.19. The molecule has 1 unspecified atom stereocenters. The van der Waals surface area contributed by atoms with Crippen molar-refractivity contribution in [1.82, 2.24) is 9.88 Å². The summed E-state index contributed by atoms with van der Waals surface area (Å²) >= 11 is 0. The predicted molar refractivity (Wildman–Crippen MR) is 90.4 cm³/mol. The maximum atomic E-state index is 12.9. The number of aliphatic hydroxyl groups excluding tert-OH is 1. The van der Waals surface area contributed by atoms with Crippen molar-refractivity contribution in [3.05, 3.63) is 65.6 Å². The van der Waals surface area contributed by atoms with Gasteiger partial charge in [-0.15, -0.1) is 0 Å². The van der Waals surface area contributed by atoms with E-state index in [0.717, 1.165) is 5.56 Å². The van der Waals surface area contributed by atoms with Crippen LogP contribution >= 0.6 is 0 Å². The molecule has 25 heavy (non-hydrogen) atoms. The maximum absolute atomic E-state index is 12.9. The van der Waals surface area contributed by atoms with E-state index in [1.165, 1.54) is 11.2 Å². The molecule has 0 aliphatic carbocycles. The lowest BCUT2D eigenvalue weighted by Gasteiger charge is -2.27. The van der Waals surface area contributed by atoms with Gasteiger partial charge in [0, 0.05) is 24.4 Å². The van der Waals surface area contributed by atoms with E-state index in [2.05, 4.69) is 4.98 Å². The van der Waals surface area contributed by atoms with Crippen molar-refractivity contribution in [3.8, 4) is 0 Å². The molecule has 0 saturated heterocycles. The summed E-state index contributed by atoms with van der Waals surface area (Å²) in [4.78, 5) is 31.0. The molecule has 6 heteroatoms. The van der Waals surface area contributed by atoms with Crippen LogP contribution in [0.1, 0.15) is 38.1 Å². The number of aliphatic hydroxyl groups is 1. The molecule has 1 aliphatic rings. The first-order valence-electron chi connectivity index (χ1n) is 8.02. The van der Waals surface area contributed by atoms with Crippen LogP contribution in [-0.4, -0.2) is 26.7 Å². The van der Waals surface area contributed by atoms with Crippen LogP contribution in [0.15, 0.2) is 58.7 Å². The molecule has 6 nitrogen and oxygen atoms in total. The van der Waals surface area contributed by atoms with Crippen molar-refractivity contribution in [2.24, 2.45) is 5.41 Å². The van der Waals surface area contributed by atoms with E-state index in [4.69, 9.17) is 4.42 Å². The van der Waals surface area contributed by atoms with Gasteiger partial charge in [0.2, 0.25) is 0 Å². The van der Waals surface area contributed by atoms with Gasteiger partial charge in [0.1, 0.15) is 11.8 Å². The molecule has 130 valence electrons. The topological polar surface area (TPSA) is 83.6 Å². The molecular formula is C19H20N2O4. The number of furan rings is 1. The Bertz CT molecular complexity index is 817. The lowest BCUT2D eigenvalue weighted by molar-refractivity contribution is -0.130. The fourth-order valence-corrected chi connectivity index (χ4v) is 2.88. The molecule has 1 N–H and O–H groups in total. The Morgan fingerprint density at radius 1 is 1.28 bits per heavy atom. The standard InChI is InChI=1S/C19H20N2O4/c1-19(2,3)17(23)14-15(13-5-4-10-25-13)21(18(24)16(14)22)11-12-6-8-20-9-7-12/h4-10,15,22H,11H2,1-3H3. The highest BCUT2D eigenvalue weighted by Gasteiger charge is 2.47. The van der Waals surface area contributed by atoms with Gasteiger partial charge in [0.15, 0.2) is 11.5 Å². The number of amides is 1. The van der Waals surface area contributed by atoms with Crippen molar-refractivity contribution < 1.29 is 19.1 Å². The smallest absolute Gasteiger partial charge is 0.290 e. The summed E-state index contributed by atoms with van der Waals surface area (Å²) in [5, 5.41) is 10.4. The van der Waals surface area contributed by atoms with Gasteiger partial charge in [0.25, 0.3) is 5.91 Å². The fraction of sp³-hybridized carbons (Fsp3) is 0.316. The van der Waals surface area contributed by atoms with E-state index < -0.39 is 23.1 Å². The Kier molecular flexibility index (Phi) is 4.20. The number of Topliss-reactive ketones (excluding diaryl/α,β-unsaturated/α-hetero) is 1. The number of carbonyl (C=O) groups is 2. The minimum atomic E-state index is -0.748. The number of ketones is 1. The van der Waals surface area contributed by atoms with E-state index in [0.29, 0.717) is 5.76 Å². The van der Waals surface area contributed by atoms with Crippen LogP contribution in [0, 0.1) is 5.41 Å². The molecule has 0 aromatic carbocycles. The summed E-state index contributed by atoms with van der Waals surface area (Å²) in [6.45, 7) is 5.50. The van der Waals surface area contributed by atoms with Crippen LogP contribution in [0.3, 0.4) is 0 Å². The molecule has 3 rings (SSSR count). The number of hydrogen-bond acceptors (Lipinski definition) is 5. The molecule has 1 aliphatic heterocycles. The van der Waals surface area contributed by atoms with Crippen LogP contribution in [0.4, 0.5) is 0 Å². The number of nitrogens with zero attached hydrogens (tertiary/aromatic N) is 2. The number of hydrogen-bond donors (Lipinski definition) is 1. The highest BCUT2D eigenvalue weighted by molar-refractivity contribution is 6.10. The molecule has 0 radical (unpaired) electrons. The van der Waals surface area contributed by atoms with Gasteiger partial charge in [-0.25, -0.2) is 0 Å². The van der Waals surface area contributed by atoms with Crippen LogP contribution in [0.25, 0.3) is 0 Å². The van der Waals surface area contributed by atoms with E-state index in [9.17, 15) is 14.7 Å². The molecule has 0 saturated carbocycles. The second-order valence-electron chi connectivity index (χ2n) is 7.05. The zero-order valence-electron chi connectivity index (χ0n) is 14.4. The lowest BCUT2D eigenvalue weighted by atomic mass is 9.83. The van der Waals surface area contributed by atoms with Crippen LogP contribution in [-0.2, 0) is 16.1 Å². The van der Waals surface area contributed by atoms with Gasteiger partial charge in [-0.3, -0.25) is 14.6 Å². The monoisotopic (exact) mass is 340 g/mol. The second-order valence-corrected chi connectivity index (χ2v) is 7.05. The third-order valence-corrected chi connectivity index (χ3v) is 4.14. The average molecular weight is 340 g/mol. The van der Waals surface area contributed by atoms with Crippen molar-refractivity contribution >= 4 is 11.7 Å². The molecule has 2 aromatic rings. The summed E-state index contributed by atoms with van der Waals surface area (Å²) < 4.78 is 5.47. The highest BCUT2D eigenvalue weighted by Crippen LogP contribution is 2.41. The van der Waals surface area contributed by atoms with Crippen molar-refractivity contribution in [2.45, 2.75) is 33.4 Å². The van der Waals surface area contributed by atoms with E-state index in [1.807, 2.05) is 0 Å². The van der Waals surface area contributed by atoms with Crippen LogP contribution < -0.4 is 0 Å².